The highest BCUT2D eigenvalue weighted by atomic mass is 19.4. The number of alkyl halides is 3. The van der Waals surface area contributed by atoms with Crippen LogP contribution in [0.2, 0.25) is 0 Å². The van der Waals surface area contributed by atoms with E-state index in [1.807, 2.05) is 25.1 Å². The Morgan fingerprint density at radius 3 is 2.71 bits per heavy atom. The zero-order valence-electron chi connectivity index (χ0n) is 15.3. The summed E-state index contributed by atoms with van der Waals surface area (Å²) in [6, 6.07) is 11.4. The van der Waals surface area contributed by atoms with Crippen molar-refractivity contribution >= 4 is 22.6 Å². The van der Waals surface area contributed by atoms with E-state index in [9.17, 15) is 18.0 Å². The molecule has 2 aromatic carbocycles. The van der Waals surface area contributed by atoms with E-state index in [0.717, 1.165) is 15.8 Å². The lowest BCUT2D eigenvalue weighted by molar-refractivity contribution is -0.178. The summed E-state index contributed by atoms with van der Waals surface area (Å²) in [6.07, 6.45) is -3.65. The van der Waals surface area contributed by atoms with E-state index in [4.69, 9.17) is 0 Å². The molecule has 3 aromatic rings. The number of H-pyrrole nitrogens is 1. The van der Waals surface area contributed by atoms with Gasteiger partial charge in [-0.1, -0.05) is 30.3 Å². The molecule has 1 unspecified atom stereocenters. The van der Waals surface area contributed by atoms with Crippen LogP contribution in [-0.4, -0.2) is 28.6 Å². The van der Waals surface area contributed by atoms with Crippen molar-refractivity contribution in [2.75, 3.05) is 11.9 Å². The average Bonchev–Trinajstić information content (AvgIpc) is 2.86. The molecule has 0 aliphatic carbocycles. The zero-order chi connectivity index (χ0) is 19.9. The number of urea groups is 1. The number of halogens is 3. The third-order valence-corrected chi connectivity index (χ3v) is 5.10. The molecule has 0 fully saturated rings. The molecule has 1 atom stereocenters. The van der Waals surface area contributed by atoms with Gasteiger partial charge in [0.1, 0.15) is 0 Å². The van der Waals surface area contributed by atoms with E-state index < -0.39 is 18.2 Å². The van der Waals surface area contributed by atoms with E-state index >= 15 is 0 Å². The molecule has 146 valence electrons. The van der Waals surface area contributed by atoms with Crippen LogP contribution < -0.4 is 5.32 Å². The number of aromatic amines is 1. The van der Waals surface area contributed by atoms with Crippen LogP contribution in [-0.2, 0) is 6.42 Å². The molecule has 1 aliphatic rings. The van der Waals surface area contributed by atoms with E-state index in [0.29, 0.717) is 29.6 Å². The maximum absolute atomic E-state index is 14.1. The van der Waals surface area contributed by atoms with Gasteiger partial charge in [-0.2, -0.15) is 13.2 Å². The van der Waals surface area contributed by atoms with Gasteiger partial charge in [0.25, 0.3) is 0 Å². The highest BCUT2D eigenvalue weighted by Gasteiger charge is 2.49. The minimum Gasteiger partial charge on any atom is -0.356 e. The predicted octanol–water partition coefficient (Wildman–Crippen LogP) is 5.56. The largest absolute Gasteiger partial charge is 0.414 e. The molecule has 1 aromatic heterocycles. The van der Waals surface area contributed by atoms with E-state index in [-0.39, 0.29) is 12.2 Å². The SMILES string of the molecule is Cc1cccc(NC(=O)N2CCCc3c([nH]c4ccccc34)C2C(F)(F)F)c1. The van der Waals surface area contributed by atoms with E-state index in [2.05, 4.69) is 10.3 Å². The summed E-state index contributed by atoms with van der Waals surface area (Å²) < 4.78 is 42.3. The minimum atomic E-state index is -4.59. The second-order valence-electron chi connectivity index (χ2n) is 7.10. The molecule has 0 radical (unpaired) electrons. The Kier molecular flexibility index (Phi) is 4.53. The predicted molar refractivity (Wildman–Crippen MR) is 102 cm³/mol. The molecule has 4 nitrogen and oxygen atoms in total. The number of aryl methyl sites for hydroxylation is 2. The molecular weight excluding hydrogens is 367 g/mol. The molecule has 4 rings (SSSR count). The first kappa shape index (κ1) is 18.4. The smallest absolute Gasteiger partial charge is 0.356 e. The summed E-state index contributed by atoms with van der Waals surface area (Å²) in [5, 5.41) is 3.40. The number of hydrogen-bond donors (Lipinski definition) is 2. The van der Waals surface area contributed by atoms with Gasteiger partial charge < -0.3 is 15.2 Å². The molecule has 7 heteroatoms. The van der Waals surface area contributed by atoms with Crippen LogP contribution in [0.3, 0.4) is 0 Å². The third kappa shape index (κ3) is 3.32. The number of hydrogen-bond acceptors (Lipinski definition) is 1. The number of nitrogens with zero attached hydrogens (tertiary/aromatic N) is 1. The van der Waals surface area contributed by atoms with Crippen molar-refractivity contribution in [1.29, 1.82) is 0 Å². The lowest BCUT2D eigenvalue weighted by Crippen LogP contribution is -2.44. The van der Waals surface area contributed by atoms with Gasteiger partial charge in [0.2, 0.25) is 0 Å². The fraction of sp³-hybridized carbons (Fsp3) is 0.286. The quantitative estimate of drug-likeness (QED) is 0.564. The van der Waals surface area contributed by atoms with Gasteiger partial charge in [-0.25, -0.2) is 4.79 Å². The molecule has 0 bridgehead atoms. The van der Waals surface area contributed by atoms with Gasteiger partial charge in [0.15, 0.2) is 6.04 Å². The minimum absolute atomic E-state index is 0.0265. The van der Waals surface area contributed by atoms with Crippen molar-refractivity contribution in [3.63, 3.8) is 0 Å². The van der Waals surface area contributed by atoms with Crippen molar-refractivity contribution in [1.82, 2.24) is 9.88 Å². The van der Waals surface area contributed by atoms with Crippen LogP contribution >= 0.6 is 0 Å². The molecular formula is C21H20F3N3O. The number of benzene rings is 2. The number of anilines is 1. The van der Waals surface area contributed by atoms with E-state index in [1.54, 1.807) is 30.3 Å². The maximum Gasteiger partial charge on any atom is 0.414 e. The summed E-state index contributed by atoms with van der Waals surface area (Å²) in [7, 11) is 0. The van der Waals surface area contributed by atoms with Gasteiger partial charge in [-0.3, -0.25) is 0 Å². The van der Waals surface area contributed by atoms with Gasteiger partial charge in [0.05, 0.1) is 5.69 Å². The summed E-state index contributed by atoms with van der Waals surface area (Å²) >= 11 is 0. The van der Waals surface area contributed by atoms with Crippen LogP contribution in [0.5, 0.6) is 0 Å². The summed E-state index contributed by atoms with van der Waals surface area (Å²) in [5.41, 5.74) is 2.75. The Morgan fingerprint density at radius 1 is 1.18 bits per heavy atom. The number of aromatic nitrogens is 1. The molecule has 28 heavy (non-hydrogen) atoms. The summed E-state index contributed by atoms with van der Waals surface area (Å²) in [6.45, 7) is 1.88. The molecule has 0 saturated carbocycles. The number of rotatable bonds is 1. The highest BCUT2D eigenvalue weighted by molar-refractivity contribution is 5.90. The number of nitrogens with one attached hydrogen (secondary N) is 2. The monoisotopic (exact) mass is 387 g/mol. The lowest BCUT2D eigenvalue weighted by Gasteiger charge is -2.31. The second-order valence-corrected chi connectivity index (χ2v) is 7.10. The van der Waals surface area contributed by atoms with Crippen LogP contribution in [0, 0.1) is 6.92 Å². The first-order chi connectivity index (χ1) is 13.3. The van der Waals surface area contributed by atoms with Crippen LogP contribution in [0.4, 0.5) is 23.7 Å². The van der Waals surface area contributed by atoms with Gasteiger partial charge >= 0.3 is 12.2 Å². The molecule has 0 saturated heterocycles. The molecule has 2 heterocycles. The maximum atomic E-state index is 14.1. The van der Waals surface area contributed by atoms with Crippen molar-refractivity contribution in [3.8, 4) is 0 Å². The molecule has 1 aliphatic heterocycles. The lowest BCUT2D eigenvalue weighted by atomic mass is 10.0. The van der Waals surface area contributed by atoms with Crippen molar-refractivity contribution in [2.24, 2.45) is 0 Å². The van der Waals surface area contributed by atoms with Crippen molar-refractivity contribution in [2.45, 2.75) is 32.0 Å². The Morgan fingerprint density at radius 2 is 1.96 bits per heavy atom. The first-order valence-electron chi connectivity index (χ1n) is 9.15. The number of carbonyl (C=O) groups excluding carboxylic acids is 1. The van der Waals surface area contributed by atoms with Crippen LogP contribution in [0.1, 0.15) is 29.3 Å². The highest BCUT2D eigenvalue weighted by Crippen LogP contribution is 2.43. The Labute approximate surface area is 160 Å². The topological polar surface area (TPSA) is 48.1 Å². The average molecular weight is 387 g/mol. The Hall–Kier alpha value is -2.96. The second kappa shape index (κ2) is 6.89. The summed E-state index contributed by atoms with van der Waals surface area (Å²) in [5.74, 6) is 0. The Bertz CT molecular complexity index is 1030. The Balaban J connectivity index is 1.75. The van der Waals surface area contributed by atoms with Crippen LogP contribution in [0.25, 0.3) is 10.9 Å². The van der Waals surface area contributed by atoms with Gasteiger partial charge in [-0.05, 0) is 49.1 Å². The number of para-hydroxylation sites is 1. The standard InChI is InChI=1S/C21H20F3N3O/c1-13-6-4-7-14(12-13)25-20(28)27-11-5-9-16-15-8-2-3-10-17(15)26-18(16)19(27)21(22,23)24/h2-4,6-8,10,12,19,26H,5,9,11H2,1H3,(H,25,28). The normalized spacial score (nSPS) is 17.3. The van der Waals surface area contributed by atoms with Gasteiger partial charge in [0, 0.05) is 23.1 Å². The van der Waals surface area contributed by atoms with E-state index in [1.165, 1.54) is 0 Å². The number of amides is 2. The summed E-state index contributed by atoms with van der Waals surface area (Å²) in [4.78, 5) is 16.6. The first-order valence-corrected chi connectivity index (χ1v) is 9.15. The fourth-order valence-electron chi connectivity index (χ4n) is 3.91. The zero-order valence-corrected chi connectivity index (χ0v) is 15.3. The number of carbonyl (C=O) groups is 1. The van der Waals surface area contributed by atoms with Crippen molar-refractivity contribution in [3.05, 3.63) is 65.4 Å². The fourth-order valence-corrected chi connectivity index (χ4v) is 3.91. The van der Waals surface area contributed by atoms with Gasteiger partial charge in [-0.15, -0.1) is 0 Å². The molecule has 0 spiro atoms. The van der Waals surface area contributed by atoms with Crippen molar-refractivity contribution < 1.29 is 18.0 Å². The molecule has 2 amide bonds. The molecule has 2 N–H and O–H groups in total. The third-order valence-electron chi connectivity index (χ3n) is 5.10. The number of fused-ring (bicyclic) bond motifs is 3. The van der Waals surface area contributed by atoms with Crippen LogP contribution in [0.15, 0.2) is 48.5 Å².